The minimum absolute atomic E-state index is 0.0481. The largest absolute Gasteiger partial charge is 0.456 e. The summed E-state index contributed by atoms with van der Waals surface area (Å²) < 4.78 is 16.7. The van der Waals surface area contributed by atoms with Gasteiger partial charge in [-0.05, 0) is 17.7 Å². The number of nitrogens with zero attached hydrogens (tertiary/aromatic N) is 2. The van der Waals surface area contributed by atoms with E-state index in [-0.39, 0.29) is 25.5 Å². The molecule has 0 radical (unpaired) electrons. The first-order valence-electron chi connectivity index (χ1n) is 9.63. The second kappa shape index (κ2) is 10.4. The molecule has 0 saturated heterocycles. The van der Waals surface area contributed by atoms with Gasteiger partial charge in [0.15, 0.2) is 12.2 Å². The number of ether oxygens (including phenoxy) is 2. The van der Waals surface area contributed by atoms with Gasteiger partial charge in [0.05, 0.1) is 18.5 Å². The molecule has 3 aromatic rings. The van der Waals surface area contributed by atoms with E-state index in [0.717, 1.165) is 5.56 Å². The van der Waals surface area contributed by atoms with Crippen molar-refractivity contribution in [3.8, 4) is 0 Å². The monoisotopic (exact) mass is 412 g/mol. The van der Waals surface area contributed by atoms with E-state index in [9.17, 15) is 14.4 Å². The fraction of sp³-hybridized carbons (Fsp3) is 0.318. The summed E-state index contributed by atoms with van der Waals surface area (Å²) in [7, 11) is 1.56. The number of rotatable bonds is 10. The first kappa shape index (κ1) is 21.3. The van der Waals surface area contributed by atoms with E-state index in [2.05, 4.69) is 0 Å². The summed E-state index contributed by atoms with van der Waals surface area (Å²) in [5.74, 6) is -1.41. The standard InChI is InChI=1S/C22H24N2O6/c1-28-14-13-23(15-17-7-3-2-4-8-17)20(25)16-29-21(26)11-12-24-18-9-5-6-10-19(18)30-22(24)27/h2-10H,11-16H2,1H3. The second-order valence-corrected chi connectivity index (χ2v) is 6.69. The van der Waals surface area contributed by atoms with Gasteiger partial charge in [0.25, 0.3) is 5.91 Å². The number of esters is 1. The molecule has 3 rings (SSSR count). The topological polar surface area (TPSA) is 91.0 Å². The van der Waals surface area contributed by atoms with Crippen LogP contribution in [-0.2, 0) is 32.2 Å². The number of carbonyl (C=O) groups excluding carboxylic acids is 2. The fourth-order valence-corrected chi connectivity index (χ4v) is 3.03. The summed E-state index contributed by atoms with van der Waals surface area (Å²) >= 11 is 0. The molecule has 0 aliphatic heterocycles. The molecule has 0 unspecified atom stereocenters. The van der Waals surface area contributed by atoms with Gasteiger partial charge < -0.3 is 18.8 Å². The maximum Gasteiger partial charge on any atom is 0.419 e. The number of aromatic nitrogens is 1. The number of methoxy groups -OCH3 is 1. The summed E-state index contributed by atoms with van der Waals surface area (Å²) in [6.45, 7) is 0.912. The normalized spacial score (nSPS) is 10.8. The maximum atomic E-state index is 12.5. The molecule has 1 heterocycles. The minimum Gasteiger partial charge on any atom is -0.456 e. The van der Waals surface area contributed by atoms with Gasteiger partial charge in [-0.15, -0.1) is 0 Å². The van der Waals surface area contributed by atoms with E-state index >= 15 is 0 Å². The molecule has 2 aromatic carbocycles. The van der Waals surface area contributed by atoms with Gasteiger partial charge in [0.2, 0.25) is 0 Å². The lowest BCUT2D eigenvalue weighted by molar-refractivity contribution is -0.152. The molecule has 8 heteroatoms. The van der Waals surface area contributed by atoms with Crippen molar-refractivity contribution < 1.29 is 23.5 Å². The zero-order valence-electron chi connectivity index (χ0n) is 16.8. The maximum absolute atomic E-state index is 12.5. The minimum atomic E-state index is -0.563. The molecule has 0 spiro atoms. The molecule has 0 atom stereocenters. The SMILES string of the molecule is COCCN(Cc1ccccc1)C(=O)COC(=O)CCn1c(=O)oc2ccccc21. The van der Waals surface area contributed by atoms with Crippen molar-refractivity contribution in [1.82, 2.24) is 9.47 Å². The van der Waals surface area contributed by atoms with Crippen LogP contribution in [0.5, 0.6) is 0 Å². The highest BCUT2D eigenvalue weighted by molar-refractivity contribution is 5.80. The van der Waals surface area contributed by atoms with Crippen LogP contribution >= 0.6 is 0 Å². The zero-order valence-corrected chi connectivity index (χ0v) is 16.8. The Balaban J connectivity index is 1.53. The van der Waals surface area contributed by atoms with Gasteiger partial charge in [0, 0.05) is 26.7 Å². The lowest BCUT2D eigenvalue weighted by Crippen LogP contribution is -2.36. The van der Waals surface area contributed by atoms with Crippen LogP contribution in [-0.4, -0.2) is 48.2 Å². The molecule has 30 heavy (non-hydrogen) atoms. The Hall–Kier alpha value is -3.39. The number of oxazole rings is 1. The van der Waals surface area contributed by atoms with Gasteiger partial charge in [-0.1, -0.05) is 42.5 Å². The molecule has 0 aliphatic carbocycles. The van der Waals surface area contributed by atoms with Crippen molar-refractivity contribution >= 4 is 23.0 Å². The molecular weight excluding hydrogens is 388 g/mol. The molecule has 1 amide bonds. The first-order chi connectivity index (χ1) is 14.6. The predicted molar refractivity (Wildman–Crippen MR) is 110 cm³/mol. The molecule has 8 nitrogen and oxygen atoms in total. The van der Waals surface area contributed by atoms with Crippen LogP contribution in [0.4, 0.5) is 0 Å². The second-order valence-electron chi connectivity index (χ2n) is 6.69. The van der Waals surface area contributed by atoms with Crippen molar-refractivity contribution in [2.45, 2.75) is 19.5 Å². The molecule has 0 N–H and O–H groups in total. The van der Waals surface area contributed by atoms with Gasteiger partial charge in [0.1, 0.15) is 0 Å². The van der Waals surface area contributed by atoms with Crippen LogP contribution in [0.2, 0.25) is 0 Å². The van der Waals surface area contributed by atoms with Crippen LogP contribution in [0.15, 0.2) is 63.8 Å². The molecule has 158 valence electrons. The zero-order chi connectivity index (χ0) is 21.3. The number of carbonyl (C=O) groups is 2. The van der Waals surface area contributed by atoms with E-state index in [1.165, 1.54) is 4.57 Å². The molecular formula is C22H24N2O6. The average molecular weight is 412 g/mol. The highest BCUT2D eigenvalue weighted by atomic mass is 16.5. The number of aryl methyl sites for hydroxylation is 1. The molecule has 0 aliphatic rings. The number of hydrogen-bond acceptors (Lipinski definition) is 6. The van der Waals surface area contributed by atoms with E-state index in [4.69, 9.17) is 13.9 Å². The third-order valence-corrected chi connectivity index (χ3v) is 4.60. The Labute approximate surface area is 173 Å². The highest BCUT2D eigenvalue weighted by Crippen LogP contribution is 2.12. The van der Waals surface area contributed by atoms with E-state index in [1.807, 2.05) is 30.3 Å². The van der Waals surface area contributed by atoms with E-state index in [0.29, 0.717) is 30.8 Å². The van der Waals surface area contributed by atoms with Crippen molar-refractivity contribution in [2.75, 3.05) is 26.9 Å². The van der Waals surface area contributed by atoms with Crippen LogP contribution in [0, 0.1) is 0 Å². The van der Waals surface area contributed by atoms with Gasteiger partial charge in [-0.25, -0.2) is 4.79 Å². The van der Waals surface area contributed by atoms with Crippen LogP contribution in [0.1, 0.15) is 12.0 Å². The van der Waals surface area contributed by atoms with Gasteiger partial charge >= 0.3 is 11.7 Å². The predicted octanol–water partition coefficient (Wildman–Crippen LogP) is 2.20. The average Bonchev–Trinajstić information content (AvgIpc) is 3.09. The Kier molecular flexibility index (Phi) is 7.40. The fourth-order valence-electron chi connectivity index (χ4n) is 3.03. The summed E-state index contributed by atoms with van der Waals surface area (Å²) in [6.07, 6.45) is -0.0481. The number of hydrogen-bond donors (Lipinski definition) is 0. The lowest BCUT2D eigenvalue weighted by Gasteiger charge is -2.22. The van der Waals surface area contributed by atoms with Gasteiger partial charge in [-0.3, -0.25) is 14.2 Å². The number of para-hydroxylation sites is 2. The molecule has 0 saturated carbocycles. The Morgan fingerprint density at radius 1 is 1.07 bits per heavy atom. The Bertz CT molecular complexity index is 1040. The van der Waals surface area contributed by atoms with Crippen molar-refractivity contribution in [3.05, 3.63) is 70.7 Å². The third kappa shape index (κ3) is 5.57. The molecule has 1 aromatic heterocycles. The summed E-state index contributed by atoms with van der Waals surface area (Å²) in [4.78, 5) is 38.2. The van der Waals surface area contributed by atoms with Crippen LogP contribution in [0.3, 0.4) is 0 Å². The first-order valence-corrected chi connectivity index (χ1v) is 9.63. The van der Waals surface area contributed by atoms with E-state index in [1.54, 1.807) is 36.3 Å². The van der Waals surface area contributed by atoms with Crippen LogP contribution in [0.25, 0.3) is 11.1 Å². The van der Waals surface area contributed by atoms with Gasteiger partial charge in [-0.2, -0.15) is 0 Å². The van der Waals surface area contributed by atoms with Crippen molar-refractivity contribution in [2.24, 2.45) is 0 Å². The smallest absolute Gasteiger partial charge is 0.419 e. The van der Waals surface area contributed by atoms with Crippen molar-refractivity contribution in [3.63, 3.8) is 0 Å². The van der Waals surface area contributed by atoms with E-state index < -0.39 is 11.7 Å². The number of fused-ring (bicyclic) bond motifs is 1. The summed E-state index contributed by atoms with van der Waals surface area (Å²) in [6, 6.07) is 16.5. The van der Waals surface area contributed by atoms with Crippen LogP contribution < -0.4 is 5.76 Å². The van der Waals surface area contributed by atoms with Crippen molar-refractivity contribution in [1.29, 1.82) is 0 Å². The lowest BCUT2D eigenvalue weighted by atomic mass is 10.2. The third-order valence-electron chi connectivity index (χ3n) is 4.60. The number of benzene rings is 2. The molecule has 0 bridgehead atoms. The summed E-state index contributed by atoms with van der Waals surface area (Å²) in [5.41, 5.74) is 2.04. The highest BCUT2D eigenvalue weighted by Gasteiger charge is 2.17. The molecule has 0 fully saturated rings. The Morgan fingerprint density at radius 3 is 2.57 bits per heavy atom. The Morgan fingerprint density at radius 2 is 1.80 bits per heavy atom. The quantitative estimate of drug-likeness (QED) is 0.474. The summed E-state index contributed by atoms with van der Waals surface area (Å²) in [5, 5.41) is 0. The number of amides is 1.